The lowest BCUT2D eigenvalue weighted by Gasteiger charge is -2.33. The molecule has 11 nitrogen and oxygen atoms in total. The van der Waals surface area contributed by atoms with Crippen molar-refractivity contribution in [2.75, 3.05) is 32.8 Å². The first kappa shape index (κ1) is 46.1. The first-order chi connectivity index (χ1) is 32.1. The van der Waals surface area contributed by atoms with E-state index in [2.05, 4.69) is 39.5 Å². The number of benzene rings is 5. The van der Waals surface area contributed by atoms with Crippen LogP contribution in [0.4, 0.5) is 0 Å². The van der Waals surface area contributed by atoms with Crippen molar-refractivity contribution in [1.82, 2.24) is 15.2 Å². The lowest BCUT2D eigenvalue weighted by atomic mass is 9.85. The largest absolute Gasteiger partial charge is 0.506 e. The third kappa shape index (κ3) is 10.8. The molecule has 0 unspecified atom stereocenters. The summed E-state index contributed by atoms with van der Waals surface area (Å²) in [5, 5.41) is 37.4. The summed E-state index contributed by atoms with van der Waals surface area (Å²) in [7, 11) is 0. The van der Waals surface area contributed by atoms with Crippen LogP contribution in [0, 0.1) is 5.92 Å². The number of ether oxygens (including phenoxy) is 2. The number of esters is 1. The maximum Gasteiger partial charge on any atom is 0.347 e. The molecule has 0 amide bonds. The number of aryl methyl sites for hydroxylation is 1. The second-order valence-corrected chi connectivity index (χ2v) is 18.0. The standard InChI is InChI=1S/C54H55N3O8S/c1-2-64-49-31-38(16-17-40(49)32-55-33-48(60)44-20-23-47(59)52-45(44)21-25-51(61)56-52)46(58)22-18-43-19-24-50(66-43)39-12-9-15-42(30-39)54(63,41-13-7-4-8-14-41)53(62)65-35-37-26-28-57(29-27-37)34-36-10-5-3-6-11-36/h3-17,19-21,23-25,30-31,37,48,55,59-60,63H,2,18,22,26-29,32-35H2,1H3,(H,56,61)/t48-,54-/m0/s1. The number of likely N-dealkylation sites (tertiary alicyclic amines) is 1. The van der Waals surface area contributed by atoms with Gasteiger partial charge in [-0.05, 0) is 104 Å². The molecule has 2 aromatic heterocycles. The summed E-state index contributed by atoms with van der Waals surface area (Å²) in [6, 6.07) is 42.3. The second kappa shape index (κ2) is 21.3. The average Bonchev–Trinajstić information content (AvgIpc) is 3.83. The number of aromatic nitrogens is 1. The number of hydrogen-bond donors (Lipinski definition) is 5. The number of piperidine rings is 1. The normalized spacial score (nSPS) is 14.7. The van der Waals surface area contributed by atoms with Gasteiger partial charge in [0.15, 0.2) is 5.78 Å². The monoisotopic (exact) mass is 905 g/mol. The van der Waals surface area contributed by atoms with Gasteiger partial charge in [0.1, 0.15) is 11.5 Å². The van der Waals surface area contributed by atoms with Gasteiger partial charge in [-0.1, -0.05) is 97.1 Å². The van der Waals surface area contributed by atoms with Crippen LogP contribution in [0.1, 0.15) is 75.3 Å². The van der Waals surface area contributed by atoms with Gasteiger partial charge in [0.05, 0.1) is 24.8 Å². The minimum atomic E-state index is -2.02. The van der Waals surface area contributed by atoms with E-state index in [1.165, 1.54) is 17.7 Å². The van der Waals surface area contributed by atoms with E-state index in [-0.39, 0.29) is 48.1 Å². The number of aliphatic hydroxyl groups is 2. The van der Waals surface area contributed by atoms with Crippen LogP contribution in [-0.4, -0.2) is 69.8 Å². The van der Waals surface area contributed by atoms with Crippen molar-refractivity contribution in [2.45, 2.75) is 57.4 Å². The molecule has 1 fully saturated rings. The molecule has 8 rings (SSSR count). The third-order valence-corrected chi connectivity index (χ3v) is 13.5. The van der Waals surface area contributed by atoms with Crippen molar-refractivity contribution in [3.63, 3.8) is 0 Å². The number of aliphatic hydroxyl groups excluding tert-OH is 1. The second-order valence-electron chi connectivity index (χ2n) is 16.8. The molecule has 3 heterocycles. The van der Waals surface area contributed by atoms with E-state index in [1.807, 2.05) is 55.5 Å². The highest BCUT2D eigenvalue weighted by Gasteiger charge is 2.42. The SMILES string of the molecule is CCOc1cc(C(=O)CCc2ccc(-c3cccc([C@](O)(C(=O)OCC4CCN(Cc5ccccc5)CC4)c4ccccc4)c3)s2)ccc1CNC[C@H](O)c1ccc(O)c2[nH]c(=O)ccc12. The fraction of sp³-hybridized carbons (Fsp3) is 0.278. The Balaban J connectivity index is 0.879. The zero-order chi connectivity index (χ0) is 46.0. The summed E-state index contributed by atoms with van der Waals surface area (Å²) in [5.74, 6) is -0.00442. The highest BCUT2D eigenvalue weighted by atomic mass is 32.1. The predicted molar refractivity (Wildman–Crippen MR) is 258 cm³/mol. The number of nitrogens with one attached hydrogen (secondary N) is 2. The zero-order valence-corrected chi connectivity index (χ0v) is 37.8. The van der Waals surface area contributed by atoms with Crippen molar-refractivity contribution < 1.29 is 34.4 Å². The van der Waals surface area contributed by atoms with E-state index in [4.69, 9.17) is 9.47 Å². The highest BCUT2D eigenvalue weighted by molar-refractivity contribution is 7.15. The third-order valence-electron chi connectivity index (χ3n) is 12.3. The molecule has 5 N–H and O–H groups in total. The summed E-state index contributed by atoms with van der Waals surface area (Å²) in [6.45, 7) is 5.83. The van der Waals surface area contributed by atoms with Crippen LogP contribution in [0.2, 0.25) is 0 Å². The summed E-state index contributed by atoms with van der Waals surface area (Å²) in [4.78, 5) is 46.4. The molecular weight excluding hydrogens is 851 g/mol. The van der Waals surface area contributed by atoms with Gasteiger partial charge in [-0.15, -0.1) is 11.3 Å². The fourth-order valence-electron chi connectivity index (χ4n) is 8.65. The Morgan fingerprint density at radius 3 is 2.41 bits per heavy atom. The quantitative estimate of drug-likeness (QED) is 0.0392. The Labute approximate surface area is 388 Å². The first-order valence-corrected chi connectivity index (χ1v) is 23.3. The van der Waals surface area contributed by atoms with E-state index in [0.29, 0.717) is 53.0 Å². The van der Waals surface area contributed by atoms with Crippen molar-refractivity contribution in [1.29, 1.82) is 0 Å². The molecule has 0 aliphatic carbocycles. The molecular formula is C54H55N3O8S. The number of phenolic OH excluding ortho intramolecular Hbond substituents is 1. The van der Waals surface area contributed by atoms with Crippen LogP contribution in [0.3, 0.4) is 0 Å². The number of thiophene rings is 1. The Morgan fingerprint density at radius 1 is 0.879 bits per heavy atom. The maximum atomic E-state index is 14.0. The number of H-pyrrole nitrogens is 1. The van der Waals surface area contributed by atoms with E-state index in [0.717, 1.165) is 53.4 Å². The number of aromatic amines is 1. The lowest BCUT2D eigenvalue weighted by molar-refractivity contribution is -0.164. The summed E-state index contributed by atoms with van der Waals surface area (Å²) in [5.41, 5.74) is 2.82. The summed E-state index contributed by atoms with van der Waals surface area (Å²) < 4.78 is 11.9. The molecule has 1 aliphatic rings. The van der Waals surface area contributed by atoms with E-state index >= 15 is 0 Å². The first-order valence-electron chi connectivity index (χ1n) is 22.5. The number of hydrogen-bond acceptors (Lipinski definition) is 11. The molecule has 66 heavy (non-hydrogen) atoms. The molecule has 12 heteroatoms. The van der Waals surface area contributed by atoms with E-state index in [1.54, 1.807) is 65.9 Å². The van der Waals surface area contributed by atoms with Gasteiger partial charge < -0.3 is 35.1 Å². The molecule has 2 atom stereocenters. The number of fused-ring (bicyclic) bond motifs is 1. The lowest BCUT2D eigenvalue weighted by Crippen LogP contribution is -2.40. The van der Waals surface area contributed by atoms with Crippen molar-refractivity contribution in [3.8, 4) is 21.9 Å². The number of phenols is 1. The van der Waals surface area contributed by atoms with Crippen molar-refractivity contribution in [2.24, 2.45) is 5.92 Å². The molecule has 0 spiro atoms. The molecule has 1 saturated heterocycles. The van der Waals surface area contributed by atoms with E-state index < -0.39 is 17.7 Å². The van der Waals surface area contributed by atoms with Crippen LogP contribution >= 0.6 is 11.3 Å². The van der Waals surface area contributed by atoms with Gasteiger partial charge in [-0.25, -0.2) is 4.79 Å². The number of ketones is 1. The van der Waals surface area contributed by atoms with Crippen molar-refractivity contribution in [3.05, 3.63) is 188 Å². The fourth-order valence-corrected chi connectivity index (χ4v) is 9.65. The van der Waals surface area contributed by atoms with Gasteiger partial charge in [-0.3, -0.25) is 14.5 Å². The van der Waals surface area contributed by atoms with Crippen LogP contribution in [0.15, 0.2) is 144 Å². The van der Waals surface area contributed by atoms with Crippen LogP contribution in [0.5, 0.6) is 11.5 Å². The van der Waals surface area contributed by atoms with Gasteiger partial charge in [0.25, 0.3) is 0 Å². The smallest absolute Gasteiger partial charge is 0.347 e. The van der Waals surface area contributed by atoms with Gasteiger partial charge >= 0.3 is 5.97 Å². The number of Topliss-reactive ketones (excluding diaryl/α,β-unsaturated/α-hetero) is 1. The van der Waals surface area contributed by atoms with Crippen molar-refractivity contribution >= 4 is 34.0 Å². The summed E-state index contributed by atoms with van der Waals surface area (Å²) >= 11 is 1.57. The number of pyridine rings is 1. The molecule has 0 saturated carbocycles. The summed E-state index contributed by atoms with van der Waals surface area (Å²) in [6.07, 6.45) is 1.71. The van der Waals surface area contributed by atoms with Gasteiger partial charge in [0, 0.05) is 64.0 Å². The number of carbonyl (C=O) groups excluding carboxylic acids is 2. The predicted octanol–water partition coefficient (Wildman–Crippen LogP) is 8.69. The number of nitrogens with zero attached hydrogens (tertiary/aromatic N) is 1. The highest BCUT2D eigenvalue weighted by Crippen LogP contribution is 2.37. The molecule has 340 valence electrons. The molecule has 0 bridgehead atoms. The number of aromatic hydroxyl groups is 1. The topological polar surface area (TPSA) is 161 Å². The zero-order valence-electron chi connectivity index (χ0n) is 37.0. The number of rotatable bonds is 19. The average molecular weight is 906 g/mol. The van der Waals surface area contributed by atoms with Crippen LogP contribution < -0.4 is 15.6 Å². The Kier molecular flexibility index (Phi) is 14.9. The Morgan fingerprint density at radius 2 is 1.64 bits per heavy atom. The minimum Gasteiger partial charge on any atom is -0.506 e. The molecule has 5 aromatic carbocycles. The number of carbonyl (C=O) groups is 2. The Hall–Kier alpha value is -6.41. The molecule has 1 aliphatic heterocycles. The van der Waals surface area contributed by atoms with Crippen LogP contribution in [0.25, 0.3) is 21.3 Å². The van der Waals surface area contributed by atoms with Crippen LogP contribution in [-0.2, 0) is 34.6 Å². The molecule has 0 radical (unpaired) electrons. The van der Waals surface area contributed by atoms with Gasteiger partial charge in [0.2, 0.25) is 11.2 Å². The van der Waals surface area contributed by atoms with E-state index in [9.17, 15) is 29.7 Å². The Bertz CT molecular complexity index is 2820. The maximum absolute atomic E-state index is 14.0. The molecule has 7 aromatic rings. The van der Waals surface area contributed by atoms with Gasteiger partial charge in [-0.2, -0.15) is 0 Å². The minimum absolute atomic E-state index is 0.0238.